The second kappa shape index (κ2) is 5.81. The van der Waals surface area contributed by atoms with Crippen LogP contribution in [0.2, 0.25) is 0 Å². The number of halogens is 1. The number of nitrogens with zero attached hydrogens (tertiary/aromatic N) is 2. The molecule has 0 saturated heterocycles. The van der Waals surface area contributed by atoms with E-state index in [0.717, 1.165) is 5.82 Å². The molecule has 0 aliphatic heterocycles. The highest BCUT2D eigenvalue weighted by Crippen LogP contribution is 2.29. The van der Waals surface area contributed by atoms with Crippen LogP contribution in [0, 0.1) is 5.82 Å². The van der Waals surface area contributed by atoms with E-state index in [1.165, 1.54) is 6.07 Å². The Labute approximate surface area is 117 Å². The van der Waals surface area contributed by atoms with E-state index in [4.69, 9.17) is 10.5 Å². The fourth-order valence-electron chi connectivity index (χ4n) is 1.81. The van der Waals surface area contributed by atoms with Crippen molar-refractivity contribution in [2.24, 2.45) is 7.05 Å². The third kappa shape index (κ3) is 3.20. The zero-order chi connectivity index (χ0) is 14.7. The molecule has 0 radical (unpaired) electrons. The predicted octanol–water partition coefficient (Wildman–Crippen LogP) is 2.54. The fourth-order valence-corrected chi connectivity index (χ4v) is 1.81. The Morgan fingerprint density at radius 1 is 1.45 bits per heavy atom. The van der Waals surface area contributed by atoms with Crippen molar-refractivity contribution in [1.82, 2.24) is 9.55 Å². The number of ether oxygens (including phenoxy) is 1. The summed E-state index contributed by atoms with van der Waals surface area (Å²) < 4.78 is 21.0. The first kappa shape index (κ1) is 14.2. The summed E-state index contributed by atoms with van der Waals surface area (Å²) in [5.41, 5.74) is 6.78. The maximum atomic E-state index is 13.7. The summed E-state index contributed by atoms with van der Waals surface area (Å²) in [6, 6.07) is 2.84. The first-order chi connectivity index (χ1) is 9.47. The molecule has 0 unspecified atom stereocenters. The first-order valence-corrected chi connectivity index (χ1v) is 6.43. The second-order valence-corrected chi connectivity index (χ2v) is 4.84. The molecule has 0 atom stereocenters. The molecule has 1 aromatic heterocycles. The van der Waals surface area contributed by atoms with Crippen molar-refractivity contribution in [2.45, 2.75) is 26.5 Å². The van der Waals surface area contributed by atoms with Crippen molar-refractivity contribution in [3.63, 3.8) is 0 Å². The van der Waals surface area contributed by atoms with Crippen LogP contribution in [0.3, 0.4) is 0 Å². The second-order valence-electron chi connectivity index (χ2n) is 4.84. The van der Waals surface area contributed by atoms with Crippen LogP contribution in [-0.2, 0) is 13.6 Å². The minimum atomic E-state index is -0.459. The van der Waals surface area contributed by atoms with Gasteiger partial charge in [0.25, 0.3) is 0 Å². The molecular weight excluding hydrogens is 259 g/mol. The zero-order valence-corrected chi connectivity index (χ0v) is 11.9. The van der Waals surface area contributed by atoms with E-state index in [9.17, 15) is 4.39 Å². The van der Waals surface area contributed by atoms with Gasteiger partial charge in [-0.1, -0.05) is 0 Å². The van der Waals surface area contributed by atoms with Gasteiger partial charge in [-0.15, -0.1) is 0 Å². The molecule has 1 heterocycles. The van der Waals surface area contributed by atoms with E-state index >= 15 is 0 Å². The minimum Gasteiger partial charge on any atom is -0.488 e. The maximum absolute atomic E-state index is 13.7. The topological polar surface area (TPSA) is 65.1 Å². The van der Waals surface area contributed by atoms with Crippen LogP contribution in [0.4, 0.5) is 15.8 Å². The number of hydrogen-bond donors (Lipinski definition) is 2. The van der Waals surface area contributed by atoms with Gasteiger partial charge in [-0.2, -0.15) is 0 Å². The highest BCUT2D eigenvalue weighted by Gasteiger charge is 2.11. The number of aromatic nitrogens is 2. The van der Waals surface area contributed by atoms with E-state index in [1.54, 1.807) is 12.3 Å². The number of nitrogens with one attached hydrogen (secondary N) is 1. The number of benzene rings is 1. The molecule has 1 aromatic carbocycles. The lowest BCUT2D eigenvalue weighted by Gasteiger charge is -2.15. The van der Waals surface area contributed by atoms with Crippen molar-refractivity contribution >= 4 is 11.4 Å². The molecule has 0 spiro atoms. The van der Waals surface area contributed by atoms with Crippen molar-refractivity contribution in [1.29, 1.82) is 0 Å². The van der Waals surface area contributed by atoms with Gasteiger partial charge < -0.3 is 20.4 Å². The van der Waals surface area contributed by atoms with Gasteiger partial charge >= 0.3 is 0 Å². The summed E-state index contributed by atoms with van der Waals surface area (Å²) in [6.07, 6.45) is 3.48. The molecule has 0 saturated carbocycles. The first-order valence-electron chi connectivity index (χ1n) is 6.43. The van der Waals surface area contributed by atoms with Gasteiger partial charge in [0.15, 0.2) is 11.6 Å². The number of hydrogen-bond acceptors (Lipinski definition) is 4. The molecule has 6 heteroatoms. The fraction of sp³-hybridized carbons (Fsp3) is 0.357. The quantitative estimate of drug-likeness (QED) is 0.825. The van der Waals surface area contributed by atoms with Crippen LogP contribution in [0.15, 0.2) is 24.5 Å². The number of aryl methyl sites for hydroxylation is 1. The van der Waals surface area contributed by atoms with E-state index in [-0.39, 0.29) is 11.9 Å². The van der Waals surface area contributed by atoms with Crippen LogP contribution in [0.25, 0.3) is 0 Å². The maximum Gasteiger partial charge on any atom is 0.167 e. The Morgan fingerprint density at radius 3 is 2.80 bits per heavy atom. The summed E-state index contributed by atoms with van der Waals surface area (Å²) in [5, 5.41) is 3.14. The smallest absolute Gasteiger partial charge is 0.167 e. The third-order valence-electron chi connectivity index (χ3n) is 2.82. The van der Waals surface area contributed by atoms with Gasteiger partial charge in [0.2, 0.25) is 0 Å². The van der Waals surface area contributed by atoms with Crippen LogP contribution in [0.1, 0.15) is 19.7 Å². The van der Waals surface area contributed by atoms with Crippen LogP contribution in [-0.4, -0.2) is 15.7 Å². The lowest BCUT2D eigenvalue weighted by atomic mass is 10.2. The van der Waals surface area contributed by atoms with Gasteiger partial charge in [0.1, 0.15) is 5.82 Å². The standard InChI is InChI=1S/C14H19FN4O/c1-9(2)20-13-7-12(11(16)6-10(13)15)18-8-14-17-4-5-19(14)3/h4-7,9,18H,8,16H2,1-3H3. The zero-order valence-electron chi connectivity index (χ0n) is 11.9. The highest BCUT2D eigenvalue weighted by atomic mass is 19.1. The van der Waals surface area contributed by atoms with E-state index in [0.29, 0.717) is 17.9 Å². The Hall–Kier alpha value is -2.24. The van der Waals surface area contributed by atoms with Crippen molar-refractivity contribution < 1.29 is 9.13 Å². The SMILES string of the molecule is CC(C)Oc1cc(NCc2nccn2C)c(N)cc1F. The summed E-state index contributed by atoms with van der Waals surface area (Å²) in [5.74, 6) is 0.593. The van der Waals surface area contributed by atoms with Crippen molar-refractivity contribution in [3.8, 4) is 5.75 Å². The van der Waals surface area contributed by atoms with Gasteiger partial charge in [0, 0.05) is 31.6 Å². The van der Waals surface area contributed by atoms with Crippen molar-refractivity contribution in [3.05, 3.63) is 36.2 Å². The minimum absolute atomic E-state index is 0.101. The van der Waals surface area contributed by atoms with E-state index < -0.39 is 5.82 Å². The normalized spacial score (nSPS) is 10.8. The third-order valence-corrected chi connectivity index (χ3v) is 2.82. The average molecular weight is 278 g/mol. The number of nitrogen functional groups attached to an aromatic ring is 1. The molecule has 0 amide bonds. The molecule has 108 valence electrons. The van der Waals surface area contributed by atoms with Gasteiger partial charge in [-0.3, -0.25) is 0 Å². The van der Waals surface area contributed by atoms with Gasteiger partial charge in [0.05, 0.1) is 24.0 Å². The summed E-state index contributed by atoms with van der Waals surface area (Å²) in [6.45, 7) is 4.19. The molecule has 2 aromatic rings. The van der Waals surface area contributed by atoms with Gasteiger partial charge in [-0.25, -0.2) is 9.37 Å². The van der Waals surface area contributed by atoms with Gasteiger partial charge in [-0.05, 0) is 13.8 Å². The lowest BCUT2D eigenvalue weighted by Crippen LogP contribution is -2.10. The molecule has 0 aliphatic carbocycles. The summed E-state index contributed by atoms with van der Waals surface area (Å²) in [4.78, 5) is 4.20. The number of rotatable bonds is 5. The largest absolute Gasteiger partial charge is 0.488 e. The van der Waals surface area contributed by atoms with E-state index in [1.807, 2.05) is 31.7 Å². The summed E-state index contributed by atoms with van der Waals surface area (Å²) >= 11 is 0. The van der Waals surface area contributed by atoms with Crippen LogP contribution < -0.4 is 15.8 Å². The Bertz CT molecular complexity index is 595. The number of imidazole rings is 1. The van der Waals surface area contributed by atoms with Crippen LogP contribution >= 0.6 is 0 Å². The molecular formula is C14H19FN4O. The predicted molar refractivity (Wildman–Crippen MR) is 77.1 cm³/mol. The molecule has 3 N–H and O–H groups in total. The molecule has 0 bridgehead atoms. The summed E-state index contributed by atoms with van der Waals surface area (Å²) in [7, 11) is 1.91. The van der Waals surface area contributed by atoms with Crippen molar-refractivity contribution in [2.75, 3.05) is 11.1 Å². The van der Waals surface area contributed by atoms with E-state index in [2.05, 4.69) is 10.3 Å². The highest BCUT2D eigenvalue weighted by molar-refractivity contribution is 5.68. The average Bonchev–Trinajstić information content (AvgIpc) is 2.76. The van der Waals surface area contributed by atoms with Crippen LogP contribution in [0.5, 0.6) is 5.75 Å². The molecule has 0 fully saturated rings. The Kier molecular flexibility index (Phi) is 4.12. The number of nitrogens with two attached hydrogens (primary N) is 1. The molecule has 2 rings (SSSR count). The monoisotopic (exact) mass is 278 g/mol. The molecule has 20 heavy (non-hydrogen) atoms. The molecule has 0 aliphatic rings. The Morgan fingerprint density at radius 2 is 2.20 bits per heavy atom. The number of anilines is 2. The Balaban J connectivity index is 2.16. The lowest BCUT2D eigenvalue weighted by molar-refractivity contribution is 0.231. The molecule has 5 nitrogen and oxygen atoms in total.